The van der Waals surface area contributed by atoms with Gasteiger partial charge in [-0.25, -0.2) is 4.79 Å². The fraction of sp³-hybridized carbons (Fsp3) is 0.400. The number of benzene rings is 1. The lowest BCUT2D eigenvalue weighted by Gasteiger charge is -2.23. The minimum absolute atomic E-state index is 0.648. The van der Waals surface area contributed by atoms with Gasteiger partial charge in [0.05, 0.1) is 0 Å². The molecule has 0 radical (unpaired) electrons. The molecule has 0 amide bonds. The summed E-state index contributed by atoms with van der Waals surface area (Å²) in [5, 5.41) is 8.62. The maximum Gasteiger partial charge on any atom is 0.328 e. The Bertz CT molecular complexity index is 471. The van der Waals surface area contributed by atoms with E-state index in [0.717, 1.165) is 34.8 Å². The van der Waals surface area contributed by atoms with Crippen molar-refractivity contribution in [2.75, 3.05) is 18.5 Å². The summed E-state index contributed by atoms with van der Waals surface area (Å²) in [6.07, 6.45) is 3.89. The summed E-state index contributed by atoms with van der Waals surface area (Å²) in [4.78, 5) is 12.7. The van der Waals surface area contributed by atoms with Gasteiger partial charge < -0.3 is 10.0 Å². The summed E-state index contributed by atoms with van der Waals surface area (Å²) >= 11 is 3.48. The zero-order chi connectivity index (χ0) is 14.4. The molecule has 1 unspecified atom stereocenters. The van der Waals surface area contributed by atoms with Gasteiger partial charge in [-0.3, -0.25) is 0 Å². The number of carbonyl (C=O) groups is 1. The molecule has 0 saturated heterocycles. The van der Waals surface area contributed by atoms with Gasteiger partial charge in [0, 0.05) is 29.8 Å². The molecule has 3 nitrogen and oxygen atoms in total. The zero-order valence-electron chi connectivity index (χ0n) is 11.6. The van der Waals surface area contributed by atoms with Crippen LogP contribution in [0.4, 0.5) is 5.69 Å². The van der Waals surface area contributed by atoms with Crippen LogP contribution in [0.5, 0.6) is 0 Å². The lowest BCUT2D eigenvalue weighted by atomic mass is 10.1. The molecular weight excluding hydrogens is 306 g/mol. The summed E-state index contributed by atoms with van der Waals surface area (Å²) in [6.45, 7) is 5.43. The Balaban J connectivity index is 2.84. The molecule has 4 heteroatoms. The quantitative estimate of drug-likeness (QED) is 0.803. The Hall–Kier alpha value is -1.29. The first-order valence-corrected chi connectivity index (χ1v) is 7.15. The molecule has 0 aliphatic rings. The largest absolute Gasteiger partial charge is 0.478 e. The van der Waals surface area contributed by atoms with E-state index < -0.39 is 5.97 Å². The van der Waals surface area contributed by atoms with Gasteiger partial charge in [0.1, 0.15) is 0 Å². The summed E-state index contributed by atoms with van der Waals surface area (Å²) in [5.41, 5.74) is 1.99. The fourth-order valence-corrected chi connectivity index (χ4v) is 2.25. The van der Waals surface area contributed by atoms with Crippen LogP contribution in [0.1, 0.15) is 25.8 Å². The second kappa shape index (κ2) is 7.34. The molecule has 0 aliphatic carbocycles. The van der Waals surface area contributed by atoms with Crippen LogP contribution in [-0.4, -0.2) is 24.7 Å². The van der Waals surface area contributed by atoms with Crippen LogP contribution in [0.3, 0.4) is 0 Å². The van der Waals surface area contributed by atoms with Gasteiger partial charge in [-0.1, -0.05) is 42.3 Å². The molecule has 0 fully saturated rings. The van der Waals surface area contributed by atoms with E-state index >= 15 is 0 Å². The highest BCUT2D eigenvalue weighted by atomic mass is 79.9. The molecule has 1 aromatic rings. The number of hydrogen-bond acceptors (Lipinski definition) is 2. The lowest BCUT2D eigenvalue weighted by Crippen LogP contribution is -2.23. The molecule has 0 spiro atoms. The van der Waals surface area contributed by atoms with Gasteiger partial charge in [0.25, 0.3) is 0 Å². The van der Waals surface area contributed by atoms with E-state index in [1.807, 2.05) is 18.2 Å². The van der Waals surface area contributed by atoms with Gasteiger partial charge in [-0.2, -0.15) is 0 Å². The normalized spacial score (nSPS) is 12.6. The predicted molar refractivity (Wildman–Crippen MR) is 83.5 cm³/mol. The standard InChI is InChI=1S/C15H20BrNO2/c1-4-11(2)10-17(3)13-7-5-12(14(16)9-13)6-8-15(18)19/h5-9,11H,4,10H2,1-3H3,(H,18,19)/b8-6+. The maximum absolute atomic E-state index is 10.5. The number of halogens is 1. The zero-order valence-corrected chi connectivity index (χ0v) is 13.1. The number of carboxylic acid groups (broad SMARTS) is 1. The van der Waals surface area contributed by atoms with Crippen LogP contribution in [-0.2, 0) is 4.79 Å². The molecule has 1 aromatic carbocycles. The Morgan fingerprint density at radius 2 is 2.21 bits per heavy atom. The predicted octanol–water partition coefficient (Wildman–Crippen LogP) is 4.03. The van der Waals surface area contributed by atoms with Crippen molar-refractivity contribution in [3.63, 3.8) is 0 Å². The first-order valence-electron chi connectivity index (χ1n) is 6.35. The molecule has 1 N–H and O–H groups in total. The van der Waals surface area contributed by atoms with Gasteiger partial charge in [0.2, 0.25) is 0 Å². The number of rotatable bonds is 6. The second-order valence-electron chi connectivity index (χ2n) is 4.77. The van der Waals surface area contributed by atoms with E-state index in [1.165, 1.54) is 0 Å². The van der Waals surface area contributed by atoms with Crippen LogP contribution in [0.2, 0.25) is 0 Å². The van der Waals surface area contributed by atoms with Crippen molar-refractivity contribution < 1.29 is 9.90 Å². The minimum atomic E-state index is -0.940. The third-order valence-corrected chi connectivity index (χ3v) is 3.80. The summed E-state index contributed by atoms with van der Waals surface area (Å²) in [7, 11) is 2.07. The molecule has 0 bridgehead atoms. The topological polar surface area (TPSA) is 40.5 Å². The molecule has 0 aliphatic heterocycles. The van der Waals surface area contributed by atoms with E-state index in [9.17, 15) is 4.79 Å². The molecule has 1 atom stereocenters. The Kier molecular flexibility index (Phi) is 6.09. The van der Waals surface area contributed by atoms with E-state index in [-0.39, 0.29) is 0 Å². The van der Waals surface area contributed by atoms with Crippen LogP contribution in [0.25, 0.3) is 6.08 Å². The average Bonchev–Trinajstić information content (AvgIpc) is 2.36. The van der Waals surface area contributed by atoms with Crippen LogP contribution >= 0.6 is 15.9 Å². The first kappa shape index (κ1) is 15.8. The molecule has 0 saturated carbocycles. The molecular formula is C15H20BrNO2. The lowest BCUT2D eigenvalue weighted by molar-refractivity contribution is -0.131. The van der Waals surface area contributed by atoms with Crippen molar-refractivity contribution in [3.8, 4) is 0 Å². The number of carboxylic acids is 1. The van der Waals surface area contributed by atoms with E-state index in [0.29, 0.717) is 5.92 Å². The van der Waals surface area contributed by atoms with Crippen molar-refractivity contribution in [3.05, 3.63) is 34.3 Å². The van der Waals surface area contributed by atoms with Crippen molar-refractivity contribution in [2.45, 2.75) is 20.3 Å². The highest BCUT2D eigenvalue weighted by molar-refractivity contribution is 9.10. The summed E-state index contributed by atoms with van der Waals surface area (Å²) in [6, 6.07) is 5.95. The number of aliphatic carboxylic acids is 1. The number of nitrogens with zero attached hydrogens (tertiary/aromatic N) is 1. The van der Waals surface area contributed by atoms with Crippen LogP contribution < -0.4 is 4.90 Å². The monoisotopic (exact) mass is 325 g/mol. The third kappa shape index (κ3) is 5.07. The first-order chi connectivity index (χ1) is 8.93. The summed E-state index contributed by atoms with van der Waals surface area (Å²) < 4.78 is 0.901. The van der Waals surface area contributed by atoms with Crippen molar-refractivity contribution in [1.82, 2.24) is 0 Å². The smallest absolute Gasteiger partial charge is 0.328 e. The number of hydrogen-bond donors (Lipinski definition) is 1. The maximum atomic E-state index is 10.5. The van der Waals surface area contributed by atoms with E-state index in [4.69, 9.17) is 5.11 Å². The number of anilines is 1. The van der Waals surface area contributed by atoms with Crippen LogP contribution in [0, 0.1) is 5.92 Å². The van der Waals surface area contributed by atoms with Crippen molar-refractivity contribution in [1.29, 1.82) is 0 Å². The highest BCUT2D eigenvalue weighted by Gasteiger charge is 2.07. The molecule has 19 heavy (non-hydrogen) atoms. The van der Waals surface area contributed by atoms with E-state index in [2.05, 4.69) is 41.7 Å². The van der Waals surface area contributed by atoms with Gasteiger partial charge in [-0.05, 0) is 29.7 Å². The molecule has 1 rings (SSSR count). The average molecular weight is 326 g/mol. The van der Waals surface area contributed by atoms with E-state index in [1.54, 1.807) is 6.08 Å². The summed E-state index contributed by atoms with van der Waals surface area (Å²) in [5.74, 6) is -0.291. The Morgan fingerprint density at radius 1 is 1.53 bits per heavy atom. The van der Waals surface area contributed by atoms with Gasteiger partial charge in [0.15, 0.2) is 0 Å². The Morgan fingerprint density at radius 3 is 2.74 bits per heavy atom. The third-order valence-electron chi connectivity index (χ3n) is 3.11. The minimum Gasteiger partial charge on any atom is -0.478 e. The molecule has 0 heterocycles. The van der Waals surface area contributed by atoms with Crippen molar-refractivity contribution in [2.24, 2.45) is 5.92 Å². The molecule has 104 valence electrons. The van der Waals surface area contributed by atoms with Gasteiger partial charge in [-0.15, -0.1) is 0 Å². The Labute approximate surface area is 123 Å². The highest BCUT2D eigenvalue weighted by Crippen LogP contribution is 2.25. The SMILES string of the molecule is CCC(C)CN(C)c1ccc(/C=C/C(=O)O)c(Br)c1. The van der Waals surface area contributed by atoms with Crippen LogP contribution in [0.15, 0.2) is 28.7 Å². The molecule has 0 aromatic heterocycles. The second-order valence-corrected chi connectivity index (χ2v) is 5.63. The van der Waals surface area contributed by atoms with Gasteiger partial charge >= 0.3 is 5.97 Å². The van der Waals surface area contributed by atoms with Crippen molar-refractivity contribution >= 4 is 33.7 Å². The fourth-order valence-electron chi connectivity index (χ4n) is 1.75.